The molecule has 0 bridgehead atoms. The molecule has 1 aromatic carbocycles. The molecule has 4 rings (SSSR count). The van der Waals surface area contributed by atoms with Gasteiger partial charge in [0.2, 0.25) is 5.91 Å². The van der Waals surface area contributed by atoms with Gasteiger partial charge in [-0.3, -0.25) is 9.59 Å². The van der Waals surface area contributed by atoms with E-state index in [4.69, 9.17) is 0 Å². The molecular formula is C21H29N5O2. The third-order valence-electron chi connectivity index (χ3n) is 6.19. The van der Waals surface area contributed by atoms with E-state index in [1.54, 1.807) is 12.1 Å². The van der Waals surface area contributed by atoms with E-state index in [0.717, 1.165) is 6.54 Å². The van der Waals surface area contributed by atoms with Crippen LogP contribution in [0, 0.1) is 5.92 Å². The van der Waals surface area contributed by atoms with Crippen molar-refractivity contribution in [2.24, 2.45) is 5.92 Å². The molecule has 1 aromatic heterocycles. The maximum absolute atomic E-state index is 12.4. The van der Waals surface area contributed by atoms with Gasteiger partial charge >= 0.3 is 0 Å². The predicted octanol–water partition coefficient (Wildman–Crippen LogP) is 1.95. The van der Waals surface area contributed by atoms with Crippen LogP contribution in [0.4, 0.5) is 0 Å². The van der Waals surface area contributed by atoms with Gasteiger partial charge < -0.3 is 10.2 Å². The van der Waals surface area contributed by atoms with Crippen LogP contribution >= 0.6 is 0 Å². The van der Waals surface area contributed by atoms with E-state index in [1.807, 2.05) is 12.1 Å². The largest absolute Gasteiger partial charge is 0.356 e. The number of hydrogen-bond donors (Lipinski definition) is 1. The van der Waals surface area contributed by atoms with Crippen LogP contribution in [-0.4, -0.2) is 51.5 Å². The standard InChI is InChI=1S/C21H29N5O2/c27-20(22-15-16-7-5-13-25-12-4-3-10-19(16)25)11-6-14-26-21(28)17-8-1-2-9-18(17)23-24-26/h1-2,8-9,16,19H,3-7,10-15H2,(H,22,27)/t16-,19+/m0/s1. The van der Waals surface area contributed by atoms with Crippen LogP contribution < -0.4 is 10.9 Å². The quantitative estimate of drug-likeness (QED) is 0.825. The number of fused-ring (bicyclic) bond motifs is 2. The first kappa shape index (κ1) is 19.1. The highest BCUT2D eigenvalue weighted by Crippen LogP contribution is 2.30. The van der Waals surface area contributed by atoms with Crippen LogP contribution in [-0.2, 0) is 11.3 Å². The topological polar surface area (TPSA) is 80.1 Å². The predicted molar refractivity (Wildman–Crippen MR) is 108 cm³/mol. The number of rotatable bonds is 6. The zero-order valence-electron chi connectivity index (χ0n) is 16.3. The molecule has 0 unspecified atom stereocenters. The number of benzene rings is 1. The van der Waals surface area contributed by atoms with Gasteiger partial charge in [0.1, 0.15) is 5.52 Å². The lowest BCUT2D eigenvalue weighted by Crippen LogP contribution is -2.51. The maximum Gasteiger partial charge on any atom is 0.277 e. The van der Waals surface area contributed by atoms with Gasteiger partial charge in [-0.15, -0.1) is 5.10 Å². The number of aryl methyl sites for hydroxylation is 1. The molecule has 0 spiro atoms. The summed E-state index contributed by atoms with van der Waals surface area (Å²) in [7, 11) is 0. The molecule has 2 saturated heterocycles. The van der Waals surface area contributed by atoms with Gasteiger partial charge in [-0.25, -0.2) is 4.68 Å². The van der Waals surface area contributed by atoms with Crippen molar-refractivity contribution in [2.75, 3.05) is 19.6 Å². The van der Waals surface area contributed by atoms with Crippen LogP contribution in [0.2, 0.25) is 0 Å². The lowest BCUT2D eigenvalue weighted by Gasteiger charge is -2.44. The Bertz CT molecular complexity index is 878. The van der Waals surface area contributed by atoms with E-state index < -0.39 is 0 Å². The summed E-state index contributed by atoms with van der Waals surface area (Å²) in [4.78, 5) is 27.3. The molecule has 150 valence electrons. The summed E-state index contributed by atoms with van der Waals surface area (Å²) >= 11 is 0. The molecule has 0 saturated carbocycles. The van der Waals surface area contributed by atoms with Crippen molar-refractivity contribution in [1.29, 1.82) is 0 Å². The van der Waals surface area contributed by atoms with Gasteiger partial charge in [0.25, 0.3) is 5.56 Å². The van der Waals surface area contributed by atoms with Gasteiger partial charge in [-0.2, -0.15) is 0 Å². The highest BCUT2D eigenvalue weighted by Gasteiger charge is 2.32. The second-order valence-corrected chi connectivity index (χ2v) is 8.04. The first-order valence-electron chi connectivity index (χ1n) is 10.6. The smallest absolute Gasteiger partial charge is 0.277 e. The Labute approximate surface area is 165 Å². The first-order valence-corrected chi connectivity index (χ1v) is 10.6. The third kappa shape index (κ3) is 4.24. The molecule has 3 heterocycles. The molecule has 7 heteroatoms. The maximum atomic E-state index is 12.4. The van der Waals surface area contributed by atoms with Gasteiger partial charge in [0, 0.05) is 25.6 Å². The molecule has 28 heavy (non-hydrogen) atoms. The SMILES string of the molecule is O=C(CCCn1nnc2ccccc2c1=O)NC[C@@H]1CCCN2CCCC[C@H]12. The lowest BCUT2D eigenvalue weighted by molar-refractivity contribution is -0.121. The summed E-state index contributed by atoms with van der Waals surface area (Å²) < 4.78 is 1.36. The summed E-state index contributed by atoms with van der Waals surface area (Å²) in [5.41, 5.74) is 0.455. The first-order chi connectivity index (χ1) is 13.7. The summed E-state index contributed by atoms with van der Waals surface area (Å²) in [6, 6.07) is 7.84. The van der Waals surface area contributed by atoms with E-state index in [0.29, 0.717) is 42.2 Å². The van der Waals surface area contributed by atoms with Gasteiger partial charge in [-0.05, 0) is 63.2 Å². The third-order valence-corrected chi connectivity index (χ3v) is 6.19. The number of carbonyl (C=O) groups is 1. The minimum absolute atomic E-state index is 0.0646. The van der Waals surface area contributed by atoms with Crippen molar-refractivity contribution < 1.29 is 4.79 Å². The van der Waals surface area contributed by atoms with E-state index in [2.05, 4.69) is 20.5 Å². The second kappa shape index (κ2) is 8.82. The molecule has 2 aliphatic rings. The summed E-state index contributed by atoms with van der Waals surface area (Å²) in [6.45, 7) is 3.62. The Morgan fingerprint density at radius 2 is 2.00 bits per heavy atom. The molecule has 0 aliphatic carbocycles. The fourth-order valence-electron chi connectivity index (χ4n) is 4.71. The molecular weight excluding hydrogens is 354 g/mol. The normalized spacial score (nSPS) is 22.7. The van der Waals surface area contributed by atoms with Crippen molar-refractivity contribution in [3.63, 3.8) is 0 Å². The van der Waals surface area contributed by atoms with Gasteiger partial charge in [0.05, 0.1) is 5.39 Å². The van der Waals surface area contributed by atoms with Gasteiger partial charge in [0.15, 0.2) is 0 Å². The average molecular weight is 383 g/mol. The fourth-order valence-corrected chi connectivity index (χ4v) is 4.71. The monoisotopic (exact) mass is 383 g/mol. The minimum Gasteiger partial charge on any atom is -0.356 e. The number of carbonyl (C=O) groups excluding carboxylic acids is 1. The zero-order chi connectivity index (χ0) is 19.3. The Balaban J connectivity index is 1.25. The Hall–Kier alpha value is -2.28. The molecule has 7 nitrogen and oxygen atoms in total. The van der Waals surface area contributed by atoms with Crippen molar-refractivity contribution in [3.05, 3.63) is 34.6 Å². The number of piperidine rings is 2. The van der Waals surface area contributed by atoms with E-state index in [-0.39, 0.29) is 11.5 Å². The Morgan fingerprint density at radius 3 is 2.93 bits per heavy atom. The van der Waals surface area contributed by atoms with Crippen molar-refractivity contribution in [3.8, 4) is 0 Å². The van der Waals surface area contributed by atoms with Crippen LogP contribution in [0.3, 0.4) is 0 Å². The van der Waals surface area contributed by atoms with E-state index in [1.165, 1.54) is 49.9 Å². The average Bonchev–Trinajstić information content (AvgIpc) is 2.74. The molecule has 2 atom stereocenters. The highest BCUT2D eigenvalue weighted by molar-refractivity contribution is 5.76. The number of nitrogens with zero attached hydrogens (tertiary/aromatic N) is 4. The van der Waals surface area contributed by atoms with Crippen molar-refractivity contribution in [2.45, 2.75) is 57.5 Å². The Morgan fingerprint density at radius 1 is 1.14 bits per heavy atom. The molecule has 0 radical (unpaired) electrons. The minimum atomic E-state index is -0.148. The number of hydrogen-bond acceptors (Lipinski definition) is 5. The number of aromatic nitrogens is 3. The van der Waals surface area contributed by atoms with Crippen molar-refractivity contribution >= 4 is 16.8 Å². The van der Waals surface area contributed by atoms with E-state index in [9.17, 15) is 9.59 Å². The Kier molecular flexibility index (Phi) is 6.00. The number of amides is 1. The summed E-state index contributed by atoms with van der Waals surface area (Å²) in [5, 5.41) is 11.8. The highest BCUT2D eigenvalue weighted by atomic mass is 16.1. The summed E-state index contributed by atoms with van der Waals surface area (Å²) in [6.07, 6.45) is 7.33. The van der Waals surface area contributed by atoms with Gasteiger partial charge in [-0.1, -0.05) is 23.8 Å². The molecule has 2 aromatic rings. The fraction of sp³-hybridized carbons (Fsp3) is 0.619. The van der Waals surface area contributed by atoms with Crippen LogP contribution in [0.1, 0.15) is 44.9 Å². The van der Waals surface area contributed by atoms with E-state index >= 15 is 0 Å². The number of nitrogens with one attached hydrogen (secondary N) is 1. The molecule has 1 amide bonds. The van der Waals surface area contributed by atoms with Crippen LogP contribution in [0.5, 0.6) is 0 Å². The summed E-state index contributed by atoms with van der Waals surface area (Å²) in [5.74, 6) is 0.640. The second-order valence-electron chi connectivity index (χ2n) is 8.04. The molecule has 1 N–H and O–H groups in total. The van der Waals surface area contributed by atoms with Crippen LogP contribution in [0.25, 0.3) is 10.9 Å². The van der Waals surface area contributed by atoms with Crippen LogP contribution in [0.15, 0.2) is 29.1 Å². The molecule has 2 aliphatic heterocycles. The lowest BCUT2D eigenvalue weighted by atomic mass is 9.83. The zero-order valence-corrected chi connectivity index (χ0v) is 16.3. The molecule has 2 fully saturated rings. The van der Waals surface area contributed by atoms with Crippen molar-refractivity contribution in [1.82, 2.24) is 25.2 Å².